The number of benzene rings is 3. The lowest BCUT2D eigenvalue weighted by atomic mass is 10.1. The van der Waals surface area contributed by atoms with Crippen molar-refractivity contribution in [3.05, 3.63) is 88.0 Å². The van der Waals surface area contributed by atoms with Gasteiger partial charge in [0, 0.05) is 47.7 Å². The van der Waals surface area contributed by atoms with Crippen molar-refractivity contribution >= 4 is 28.5 Å². The molecule has 1 unspecified atom stereocenters. The number of hydrogen-bond donors (Lipinski definition) is 0. The molecule has 1 amide bonds. The van der Waals surface area contributed by atoms with Crippen LogP contribution < -0.4 is 9.64 Å². The molecule has 0 radical (unpaired) electrons. The summed E-state index contributed by atoms with van der Waals surface area (Å²) in [7, 11) is 3.09. The van der Waals surface area contributed by atoms with E-state index in [0.717, 1.165) is 5.56 Å². The number of ether oxygens (including phenoxy) is 1. The number of nitro groups is 1. The molecule has 0 saturated heterocycles. The van der Waals surface area contributed by atoms with E-state index in [4.69, 9.17) is 4.74 Å². The summed E-state index contributed by atoms with van der Waals surface area (Å²) in [5.74, 6) is 0.0984. The second-order valence-electron chi connectivity index (χ2n) is 6.54. The first-order valence-electron chi connectivity index (χ1n) is 9.01. The number of nitrogens with zero attached hydrogens (tertiary/aromatic N) is 2. The zero-order valence-corrected chi connectivity index (χ0v) is 17.5. The molecule has 0 aliphatic carbocycles. The highest BCUT2D eigenvalue weighted by Crippen LogP contribution is 2.32. The van der Waals surface area contributed by atoms with Gasteiger partial charge in [-0.2, -0.15) is 0 Å². The Labute approximate surface area is 177 Å². The molecule has 8 heteroatoms. The third-order valence-electron chi connectivity index (χ3n) is 4.64. The SMILES string of the molecule is COc1cccc([S+]([O-])c2ccc(C(=O)N(C)c3ccccc3C)cc2[N+](=O)[O-])c1. The average Bonchev–Trinajstić information content (AvgIpc) is 2.77. The van der Waals surface area contributed by atoms with Gasteiger partial charge in [0.2, 0.25) is 4.90 Å². The number of methoxy groups -OCH3 is 1. The van der Waals surface area contributed by atoms with Crippen molar-refractivity contribution in [2.75, 3.05) is 19.1 Å². The Bertz CT molecular complexity index is 1100. The van der Waals surface area contributed by atoms with E-state index in [2.05, 4.69) is 0 Å². The molecule has 154 valence electrons. The molecule has 1 atom stereocenters. The van der Waals surface area contributed by atoms with Crippen LogP contribution >= 0.6 is 0 Å². The number of hydrogen-bond acceptors (Lipinski definition) is 5. The minimum absolute atomic E-state index is 0.0170. The summed E-state index contributed by atoms with van der Waals surface area (Å²) < 4.78 is 18.1. The van der Waals surface area contributed by atoms with Crippen LogP contribution in [0.5, 0.6) is 5.75 Å². The summed E-state index contributed by atoms with van der Waals surface area (Å²) >= 11 is -1.81. The van der Waals surface area contributed by atoms with Gasteiger partial charge in [-0.3, -0.25) is 14.9 Å². The molecule has 0 fully saturated rings. The van der Waals surface area contributed by atoms with Crippen LogP contribution in [0.25, 0.3) is 0 Å². The number of para-hydroxylation sites is 1. The van der Waals surface area contributed by atoms with Gasteiger partial charge in [-0.05, 0) is 36.8 Å². The molecule has 3 aromatic carbocycles. The van der Waals surface area contributed by atoms with Crippen LogP contribution in [-0.2, 0) is 11.2 Å². The van der Waals surface area contributed by atoms with Crippen molar-refractivity contribution in [1.82, 2.24) is 0 Å². The highest BCUT2D eigenvalue weighted by molar-refractivity contribution is 7.91. The van der Waals surface area contributed by atoms with Gasteiger partial charge in [0.15, 0.2) is 4.90 Å². The van der Waals surface area contributed by atoms with Crippen LogP contribution in [0.1, 0.15) is 15.9 Å². The molecular formula is C22H20N2O5S. The van der Waals surface area contributed by atoms with E-state index >= 15 is 0 Å². The van der Waals surface area contributed by atoms with Crippen molar-refractivity contribution in [3.63, 3.8) is 0 Å². The third kappa shape index (κ3) is 4.29. The first-order valence-corrected chi connectivity index (χ1v) is 10.2. The molecule has 7 nitrogen and oxygen atoms in total. The fourth-order valence-electron chi connectivity index (χ4n) is 3.04. The predicted molar refractivity (Wildman–Crippen MR) is 115 cm³/mol. The smallest absolute Gasteiger partial charge is 0.324 e. The summed E-state index contributed by atoms with van der Waals surface area (Å²) in [6.45, 7) is 1.88. The van der Waals surface area contributed by atoms with Crippen molar-refractivity contribution in [2.24, 2.45) is 0 Å². The summed E-state index contributed by atoms with van der Waals surface area (Å²) in [4.78, 5) is 25.8. The van der Waals surface area contributed by atoms with Gasteiger partial charge in [-0.1, -0.05) is 24.3 Å². The van der Waals surface area contributed by atoms with Gasteiger partial charge in [-0.25, -0.2) is 0 Å². The summed E-state index contributed by atoms with van der Waals surface area (Å²) in [6, 6.07) is 17.9. The second-order valence-corrected chi connectivity index (χ2v) is 7.99. The Balaban J connectivity index is 1.98. The van der Waals surface area contributed by atoms with Crippen LogP contribution in [0, 0.1) is 17.0 Å². The van der Waals surface area contributed by atoms with E-state index < -0.39 is 22.0 Å². The summed E-state index contributed by atoms with van der Waals surface area (Å²) in [5, 5.41) is 11.7. The van der Waals surface area contributed by atoms with Gasteiger partial charge < -0.3 is 14.2 Å². The Hall–Kier alpha value is -3.36. The average molecular weight is 424 g/mol. The molecule has 0 aromatic heterocycles. The maximum atomic E-state index is 13.0. The number of nitro benzene ring substituents is 1. The van der Waals surface area contributed by atoms with E-state index in [-0.39, 0.29) is 16.1 Å². The van der Waals surface area contributed by atoms with Crippen LogP contribution in [0.4, 0.5) is 11.4 Å². The molecule has 0 bridgehead atoms. The number of amides is 1. The first kappa shape index (κ1) is 21.4. The molecule has 0 aliphatic heterocycles. The fourth-order valence-corrected chi connectivity index (χ4v) is 4.23. The molecule has 0 N–H and O–H groups in total. The number of rotatable bonds is 6. The fraction of sp³-hybridized carbons (Fsp3) is 0.136. The van der Waals surface area contributed by atoms with E-state index in [1.165, 1.54) is 30.2 Å². The third-order valence-corrected chi connectivity index (χ3v) is 6.07. The Kier molecular flexibility index (Phi) is 6.39. The quantitative estimate of drug-likeness (QED) is 0.333. The van der Waals surface area contributed by atoms with Crippen LogP contribution in [-0.4, -0.2) is 29.5 Å². The highest BCUT2D eigenvalue weighted by atomic mass is 32.2. The monoisotopic (exact) mass is 424 g/mol. The maximum Gasteiger partial charge on any atom is 0.324 e. The van der Waals surface area contributed by atoms with Gasteiger partial charge in [0.1, 0.15) is 5.75 Å². The maximum absolute atomic E-state index is 13.0. The minimum atomic E-state index is -1.81. The highest BCUT2D eigenvalue weighted by Gasteiger charge is 2.29. The van der Waals surface area contributed by atoms with E-state index in [0.29, 0.717) is 16.3 Å². The van der Waals surface area contributed by atoms with Crippen LogP contribution in [0.3, 0.4) is 0 Å². The normalized spacial score (nSPS) is 11.6. The van der Waals surface area contributed by atoms with Gasteiger partial charge >= 0.3 is 5.69 Å². The molecule has 3 rings (SSSR count). The number of anilines is 1. The summed E-state index contributed by atoms with van der Waals surface area (Å²) in [5.41, 5.74) is 1.37. The van der Waals surface area contributed by atoms with Gasteiger partial charge in [-0.15, -0.1) is 0 Å². The lowest BCUT2D eigenvalue weighted by molar-refractivity contribution is -0.387. The lowest BCUT2D eigenvalue weighted by Gasteiger charge is -2.19. The molecule has 0 aliphatic rings. The predicted octanol–water partition coefficient (Wildman–Crippen LogP) is 4.36. The van der Waals surface area contributed by atoms with Crippen molar-refractivity contribution in [2.45, 2.75) is 16.7 Å². The zero-order chi connectivity index (χ0) is 21.8. The van der Waals surface area contributed by atoms with E-state index in [1.54, 1.807) is 37.4 Å². The van der Waals surface area contributed by atoms with Gasteiger partial charge in [0.25, 0.3) is 5.91 Å². The van der Waals surface area contributed by atoms with Crippen LogP contribution in [0.2, 0.25) is 0 Å². The molecular weight excluding hydrogens is 404 g/mol. The minimum Gasteiger partial charge on any atom is -0.606 e. The molecule has 30 heavy (non-hydrogen) atoms. The van der Waals surface area contributed by atoms with Crippen molar-refractivity contribution in [3.8, 4) is 5.75 Å². The largest absolute Gasteiger partial charge is 0.606 e. The Morgan fingerprint density at radius 2 is 1.80 bits per heavy atom. The van der Waals surface area contributed by atoms with E-state index in [1.807, 2.05) is 25.1 Å². The molecule has 0 saturated carbocycles. The second kappa shape index (κ2) is 8.98. The first-order chi connectivity index (χ1) is 14.3. The Morgan fingerprint density at radius 1 is 1.07 bits per heavy atom. The number of carbonyl (C=O) groups excluding carboxylic acids is 1. The Morgan fingerprint density at radius 3 is 2.47 bits per heavy atom. The topological polar surface area (TPSA) is 95.7 Å². The van der Waals surface area contributed by atoms with E-state index in [9.17, 15) is 19.5 Å². The molecule has 0 heterocycles. The van der Waals surface area contributed by atoms with Gasteiger partial charge in [0.05, 0.1) is 12.0 Å². The van der Waals surface area contributed by atoms with Crippen molar-refractivity contribution in [1.29, 1.82) is 0 Å². The summed E-state index contributed by atoms with van der Waals surface area (Å²) in [6.07, 6.45) is 0. The standard InChI is InChI=1S/C22H20N2O5S/c1-15-7-4-5-10-19(15)23(2)22(25)16-11-12-21(20(13-16)24(26)27)30(28)18-9-6-8-17(14-18)29-3/h4-14H,1-3H3. The van der Waals surface area contributed by atoms with Crippen LogP contribution in [0.15, 0.2) is 76.5 Å². The zero-order valence-electron chi connectivity index (χ0n) is 16.7. The molecule has 0 spiro atoms. The van der Waals surface area contributed by atoms with Crippen molar-refractivity contribution < 1.29 is 19.0 Å². The molecule has 3 aromatic rings. The number of carbonyl (C=O) groups is 1. The lowest BCUT2D eigenvalue weighted by Crippen LogP contribution is -2.27. The number of aryl methyl sites for hydroxylation is 1.